The minimum Gasteiger partial charge on any atom is -0.465 e. The third kappa shape index (κ3) is 2.50. The van der Waals surface area contributed by atoms with E-state index in [4.69, 9.17) is 4.74 Å². The van der Waals surface area contributed by atoms with Crippen molar-refractivity contribution < 1.29 is 9.53 Å². The number of hydrogen-bond donors (Lipinski definition) is 0. The van der Waals surface area contributed by atoms with Crippen LogP contribution in [0.5, 0.6) is 0 Å². The van der Waals surface area contributed by atoms with Crippen molar-refractivity contribution in [1.29, 1.82) is 0 Å². The number of carbonyl (C=O) groups is 1. The van der Waals surface area contributed by atoms with Gasteiger partial charge in [0.25, 0.3) is 0 Å². The summed E-state index contributed by atoms with van der Waals surface area (Å²) in [5.41, 5.74) is 3.84. The normalized spacial score (nSPS) is 11.7. The lowest BCUT2D eigenvalue weighted by Gasteiger charge is -2.20. The Morgan fingerprint density at radius 3 is 2.55 bits per heavy atom. The highest BCUT2D eigenvalue weighted by atomic mass is 32.1. The van der Waals surface area contributed by atoms with Gasteiger partial charge in [-0.15, -0.1) is 11.3 Å². The molecular formula is C15H20N2O2S. The van der Waals surface area contributed by atoms with Gasteiger partial charge in [-0.1, -0.05) is 20.8 Å². The molecule has 0 aliphatic rings. The zero-order valence-corrected chi connectivity index (χ0v) is 13.6. The Labute approximate surface area is 123 Å². The van der Waals surface area contributed by atoms with Crippen molar-refractivity contribution in [2.24, 2.45) is 0 Å². The lowest BCUT2D eigenvalue weighted by Crippen LogP contribution is -2.19. The van der Waals surface area contributed by atoms with Crippen LogP contribution >= 0.6 is 11.3 Å². The number of hydrogen-bond acceptors (Lipinski definition) is 4. The van der Waals surface area contributed by atoms with E-state index in [1.165, 1.54) is 18.4 Å². The van der Waals surface area contributed by atoms with Gasteiger partial charge in [0.2, 0.25) is 0 Å². The quantitative estimate of drug-likeness (QED) is 0.794. The van der Waals surface area contributed by atoms with E-state index in [9.17, 15) is 4.79 Å². The molecule has 0 fully saturated rings. The first-order valence-corrected chi connectivity index (χ1v) is 7.37. The van der Waals surface area contributed by atoms with Gasteiger partial charge in [0, 0.05) is 11.1 Å². The van der Waals surface area contributed by atoms with Crippen LogP contribution in [0.1, 0.15) is 47.4 Å². The zero-order valence-electron chi connectivity index (χ0n) is 12.8. The van der Waals surface area contributed by atoms with Crippen molar-refractivity contribution in [3.05, 3.63) is 33.3 Å². The standard InChI is InChI=1S/C15H20N2O2S/c1-9-8-20-13(14(18)19-6)12(9)17-11(15(3,4)5)7-10(2)16-17/h7-8H,1-6H3. The maximum absolute atomic E-state index is 11.9. The van der Waals surface area contributed by atoms with Gasteiger partial charge in [-0.2, -0.15) is 5.10 Å². The molecule has 0 saturated carbocycles. The molecule has 0 saturated heterocycles. The number of rotatable bonds is 2. The molecule has 0 atom stereocenters. The van der Waals surface area contributed by atoms with Crippen LogP contribution in [0.3, 0.4) is 0 Å². The van der Waals surface area contributed by atoms with Crippen molar-refractivity contribution in [2.45, 2.75) is 40.0 Å². The maximum atomic E-state index is 11.9. The molecule has 0 aliphatic carbocycles. The third-order valence-electron chi connectivity index (χ3n) is 3.12. The molecule has 2 heterocycles. The smallest absolute Gasteiger partial charge is 0.350 e. The molecule has 2 rings (SSSR count). The molecule has 0 amide bonds. The summed E-state index contributed by atoms with van der Waals surface area (Å²) in [7, 11) is 1.40. The van der Waals surface area contributed by atoms with Crippen LogP contribution in [-0.4, -0.2) is 22.9 Å². The first-order chi connectivity index (χ1) is 9.25. The molecule has 0 N–H and O–H groups in total. The molecule has 5 heteroatoms. The van der Waals surface area contributed by atoms with Crippen molar-refractivity contribution in [1.82, 2.24) is 9.78 Å². The SMILES string of the molecule is COC(=O)c1scc(C)c1-n1nc(C)cc1C(C)(C)C. The molecule has 0 aromatic carbocycles. The zero-order chi connectivity index (χ0) is 15.1. The highest BCUT2D eigenvalue weighted by Crippen LogP contribution is 2.32. The number of nitrogens with zero attached hydrogens (tertiary/aromatic N) is 2. The van der Waals surface area contributed by atoms with E-state index < -0.39 is 0 Å². The Kier molecular flexibility index (Phi) is 3.73. The number of thiophene rings is 1. The second kappa shape index (κ2) is 5.05. The summed E-state index contributed by atoms with van der Waals surface area (Å²) in [6, 6.07) is 2.07. The number of ether oxygens (including phenoxy) is 1. The summed E-state index contributed by atoms with van der Waals surface area (Å²) in [5, 5.41) is 6.54. The average Bonchev–Trinajstić information content (AvgIpc) is 2.90. The molecule has 20 heavy (non-hydrogen) atoms. The fourth-order valence-corrected chi connectivity index (χ4v) is 3.09. The van der Waals surface area contributed by atoms with E-state index in [0.29, 0.717) is 4.88 Å². The van der Waals surface area contributed by atoms with Crippen LogP contribution < -0.4 is 0 Å². The van der Waals surface area contributed by atoms with Crippen LogP contribution in [0.15, 0.2) is 11.4 Å². The largest absolute Gasteiger partial charge is 0.465 e. The topological polar surface area (TPSA) is 44.1 Å². The van der Waals surface area contributed by atoms with Gasteiger partial charge in [0.05, 0.1) is 18.5 Å². The van der Waals surface area contributed by atoms with E-state index >= 15 is 0 Å². The summed E-state index contributed by atoms with van der Waals surface area (Å²) in [6.45, 7) is 10.4. The van der Waals surface area contributed by atoms with Gasteiger partial charge < -0.3 is 4.74 Å². The molecule has 4 nitrogen and oxygen atoms in total. The van der Waals surface area contributed by atoms with Crippen molar-refractivity contribution in [3.63, 3.8) is 0 Å². The van der Waals surface area contributed by atoms with E-state index in [-0.39, 0.29) is 11.4 Å². The van der Waals surface area contributed by atoms with Gasteiger partial charge in [-0.25, -0.2) is 9.48 Å². The number of aryl methyl sites for hydroxylation is 2. The fourth-order valence-electron chi connectivity index (χ4n) is 2.14. The van der Waals surface area contributed by atoms with Crippen molar-refractivity contribution in [2.75, 3.05) is 7.11 Å². The van der Waals surface area contributed by atoms with Crippen LogP contribution in [0.2, 0.25) is 0 Å². The van der Waals surface area contributed by atoms with Crippen LogP contribution in [0.4, 0.5) is 0 Å². The van der Waals surface area contributed by atoms with Crippen LogP contribution in [-0.2, 0) is 10.2 Å². The minimum absolute atomic E-state index is 0.0526. The van der Waals surface area contributed by atoms with E-state index in [0.717, 1.165) is 22.6 Å². The van der Waals surface area contributed by atoms with Gasteiger partial charge in [-0.3, -0.25) is 0 Å². The predicted molar refractivity (Wildman–Crippen MR) is 81.0 cm³/mol. The molecule has 108 valence electrons. The summed E-state index contributed by atoms with van der Waals surface area (Å²) in [5.74, 6) is -0.314. The van der Waals surface area contributed by atoms with Crippen LogP contribution in [0.25, 0.3) is 5.69 Å². The van der Waals surface area contributed by atoms with E-state index in [1.807, 2.05) is 23.9 Å². The molecule has 2 aromatic rings. The number of methoxy groups -OCH3 is 1. The lowest BCUT2D eigenvalue weighted by molar-refractivity contribution is 0.0606. The predicted octanol–water partition coefficient (Wildman–Crippen LogP) is 3.63. The Balaban J connectivity index is 2.69. The number of carbonyl (C=O) groups excluding carboxylic acids is 1. The molecule has 0 radical (unpaired) electrons. The summed E-state index contributed by atoms with van der Waals surface area (Å²) >= 11 is 1.40. The number of aromatic nitrogens is 2. The molecule has 0 spiro atoms. The van der Waals surface area contributed by atoms with Crippen molar-refractivity contribution in [3.8, 4) is 5.69 Å². The number of esters is 1. The molecule has 0 unspecified atom stereocenters. The Morgan fingerprint density at radius 1 is 1.35 bits per heavy atom. The highest BCUT2D eigenvalue weighted by molar-refractivity contribution is 7.12. The van der Waals surface area contributed by atoms with Gasteiger partial charge in [0.1, 0.15) is 4.88 Å². The highest BCUT2D eigenvalue weighted by Gasteiger charge is 2.26. The summed E-state index contributed by atoms with van der Waals surface area (Å²) in [4.78, 5) is 12.5. The fraction of sp³-hybridized carbons (Fsp3) is 0.467. The Hall–Kier alpha value is -1.62. The third-order valence-corrected chi connectivity index (χ3v) is 4.19. The summed E-state index contributed by atoms with van der Waals surface area (Å²) in [6.07, 6.45) is 0. The average molecular weight is 292 g/mol. The van der Waals surface area contributed by atoms with Gasteiger partial charge in [0.15, 0.2) is 0 Å². The second-order valence-electron chi connectivity index (χ2n) is 5.92. The Morgan fingerprint density at radius 2 is 2.00 bits per heavy atom. The second-order valence-corrected chi connectivity index (χ2v) is 6.80. The van der Waals surface area contributed by atoms with Gasteiger partial charge in [-0.05, 0) is 30.9 Å². The van der Waals surface area contributed by atoms with Gasteiger partial charge >= 0.3 is 5.97 Å². The van der Waals surface area contributed by atoms with E-state index in [2.05, 4.69) is 31.9 Å². The molecule has 0 bridgehead atoms. The summed E-state index contributed by atoms with van der Waals surface area (Å²) < 4.78 is 6.76. The first-order valence-electron chi connectivity index (χ1n) is 6.49. The first kappa shape index (κ1) is 14.8. The maximum Gasteiger partial charge on any atom is 0.350 e. The molecular weight excluding hydrogens is 272 g/mol. The lowest BCUT2D eigenvalue weighted by atomic mass is 9.91. The Bertz CT molecular complexity index is 647. The monoisotopic (exact) mass is 292 g/mol. The minimum atomic E-state index is -0.314. The van der Waals surface area contributed by atoms with Crippen molar-refractivity contribution >= 4 is 17.3 Å². The van der Waals surface area contributed by atoms with Crippen LogP contribution in [0, 0.1) is 13.8 Å². The van der Waals surface area contributed by atoms with E-state index in [1.54, 1.807) is 0 Å². The molecule has 0 aliphatic heterocycles. The molecule has 2 aromatic heterocycles.